The van der Waals surface area contributed by atoms with E-state index >= 15 is 0 Å². The molecule has 0 aromatic heterocycles. The smallest absolute Gasteiger partial charge is 0.244 e. The first kappa shape index (κ1) is 19.6. The molecular weight excluding hydrogens is 382 g/mol. The molecule has 1 aliphatic heterocycles. The molecule has 1 saturated heterocycles. The van der Waals surface area contributed by atoms with Crippen LogP contribution in [0.3, 0.4) is 0 Å². The molecular formula is C24H23NO3S. The minimum absolute atomic E-state index is 0.137. The number of piperidine rings is 1. The van der Waals surface area contributed by atoms with Gasteiger partial charge in [-0.05, 0) is 43.0 Å². The lowest BCUT2D eigenvalue weighted by Crippen LogP contribution is -2.49. The maximum absolute atomic E-state index is 13.4. The number of benzene rings is 2. The highest BCUT2D eigenvalue weighted by atomic mass is 32.2. The summed E-state index contributed by atoms with van der Waals surface area (Å²) in [6.07, 6.45) is 9.70. The highest BCUT2D eigenvalue weighted by Crippen LogP contribution is 2.46. The van der Waals surface area contributed by atoms with Crippen molar-refractivity contribution in [2.75, 3.05) is 13.1 Å². The molecule has 1 atom stereocenters. The number of ketones is 1. The molecule has 0 bridgehead atoms. The van der Waals surface area contributed by atoms with Crippen molar-refractivity contribution in [3.05, 3.63) is 77.4 Å². The molecule has 148 valence electrons. The number of fused-ring (bicyclic) bond motifs is 1. The van der Waals surface area contributed by atoms with E-state index in [9.17, 15) is 13.2 Å². The Kier molecular flexibility index (Phi) is 5.16. The van der Waals surface area contributed by atoms with Crippen LogP contribution in [0, 0.1) is 17.8 Å². The van der Waals surface area contributed by atoms with Gasteiger partial charge in [-0.2, -0.15) is 4.31 Å². The van der Waals surface area contributed by atoms with Gasteiger partial charge in [-0.25, -0.2) is 8.42 Å². The molecule has 0 amide bonds. The van der Waals surface area contributed by atoms with Crippen LogP contribution in [-0.2, 0) is 21.2 Å². The fourth-order valence-corrected chi connectivity index (χ4v) is 6.20. The standard InChI is InChI=1S/C24H23NO3S/c1-2-20-10-6-7-11-23(20)29(27,28)25-15-13-21-16-22(26)12-14-24(21,18-25)17-19-8-4-3-5-9-19/h1,3-11,16H,12-15,17-18H2. The minimum Gasteiger partial charge on any atom is -0.295 e. The van der Waals surface area contributed by atoms with Crippen molar-refractivity contribution in [2.24, 2.45) is 5.41 Å². The maximum atomic E-state index is 13.4. The third kappa shape index (κ3) is 3.66. The van der Waals surface area contributed by atoms with Crippen LogP contribution in [0.5, 0.6) is 0 Å². The van der Waals surface area contributed by atoms with Gasteiger partial charge in [0, 0.05) is 30.5 Å². The van der Waals surface area contributed by atoms with Crippen LogP contribution in [-0.4, -0.2) is 31.6 Å². The van der Waals surface area contributed by atoms with E-state index in [1.807, 2.05) is 18.2 Å². The van der Waals surface area contributed by atoms with E-state index in [1.54, 1.807) is 34.6 Å². The number of rotatable bonds is 4. The Balaban J connectivity index is 1.73. The average Bonchev–Trinajstić information content (AvgIpc) is 2.74. The van der Waals surface area contributed by atoms with E-state index in [2.05, 4.69) is 18.1 Å². The quantitative estimate of drug-likeness (QED) is 0.731. The minimum atomic E-state index is -3.72. The summed E-state index contributed by atoms with van der Waals surface area (Å²) >= 11 is 0. The van der Waals surface area contributed by atoms with Crippen LogP contribution in [0.4, 0.5) is 0 Å². The highest BCUT2D eigenvalue weighted by Gasteiger charge is 2.45. The van der Waals surface area contributed by atoms with Crippen LogP contribution in [0.2, 0.25) is 0 Å². The lowest BCUT2D eigenvalue weighted by molar-refractivity contribution is -0.116. The average molecular weight is 406 g/mol. The molecule has 2 aliphatic rings. The van der Waals surface area contributed by atoms with Gasteiger partial charge >= 0.3 is 0 Å². The third-order valence-electron chi connectivity index (χ3n) is 6.02. The van der Waals surface area contributed by atoms with Crippen molar-refractivity contribution in [1.82, 2.24) is 4.31 Å². The fraction of sp³-hybridized carbons (Fsp3) is 0.292. The molecule has 1 fully saturated rings. The number of hydrogen-bond donors (Lipinski definition) is 0. The molecule has 1 aliphatic carbocycles. The van der Waals surface area contributed by atoms with Gasteiger partial charge in [0.05, 0.1) is 4.90 Å². The van der Waals surface area contributed by atoms with Gasteiger partial charge in [0.25, 0.3) is 0 Å². The molecule has 2 aromatic rings. The second kappa shape index (κ2) is 7.62. The molecule has 0 spiro atoms. The van der Waals surface area contributed by atoms with Crippen molar-refractivity contribution in [2.45, 2.75) is 30.6 Å². The zero-order chi connectivity index (χ0) is 20.5. The Morgan fingerprint density at radius 1 is 1.03 bits per heavy atom. The van der Waals surface area contributed by atoms with Crippen molar-refractivity contribution in [3.8, 4) is 12.3 Å². The number of sulfonamides is 1. The van der Waals surface area contributed by atoms with Crippen molar-refractivity contribution in [1.29, 1.82) is 0 Å². The molecule has 5 heteroatoms. The molecule has 2 aromatic carbocycles. The summed E-state index contributed by atoms with van der Waals surface area (Å²) in [6, 6.07) is 16.7. The predicted molar refractivity (Wildman–Crippen MR) is 113 cm³/mol. The van der Waals surface area contributed by atoms with E-state index < -0.39 is 10.0 Å². The summed E-state index contributed by atoms with van der Waals surface area (Å²) in [4.78, 5) is 12.2. The number of terminal acetylenes is 1. The number of carbonyl (C=O) groups excluding carboxylic acids is 1. The zero-order valence-corrected chi connectivity index (χ0v) is 17.0. The van der Waals surface area contributed by atoms with Crippen molar-refractivity contribution >= 4 is 15.8 Å². The number of allylic oxidation sites excluding steroid dienone is 1. The van der Waals surface area contributed by atoms with E-state index in [0.29, 0.717) is 37.9 Å². The Morgan fingerprint density at radius 2 is 1.76 bits per heavy atom. The predicted octanol–water partition coefficient (Wildman–Crippen LogP) is 3.58. The molecule has 0 N–H and O–H groups in total. The number of carbonyl (C=O) groups is 1. The van der Waals surface area contributed by atoms with E-state index in [-0.39, 0.29) is 16.1 Å². The second-order valence-electron chi connectivity index (χ2n) is 7.81. The van der Waals surface area contributed by atoms with E-state index in [0.717, 1.165) is 17.6 Å². The fourth-order valence-electron chi connectivity index (χ4n) is 4.52. The van der Waals surface area contributed by atoms with E-state index in [4.69, 9.17) is 6.42 Å². The summed E-state index contributed by atoms with van der Waals surface area (Å²) in [5.74, 6) is 2.63. The third-order valence-corrected chi connectivity index (χ3v) is 7.92. The van der Waals surface area contributed by atoms with Crippen molar-refractivity contribution in [3.63, 3.8) is 0 Å². The first-order valence-corrected chi connectivity index (χ1v) is 11.2. The van der Waals surface area contributed by atoms with Crippen LogP contribution >= 0.6 is 0 Å². The molecule has 1 unspecified atom stereocenters. The molecule has 4 nitrogen and oxygen atoms in total. The Labute approximate surface area is 172 Å². The lowest BCUT2D eigenvalue weighted by Gasteiger charge is -2.46. The molecule has 0 radical (unpaired) electrons. The Hall–Kier alpha value is -2.68. The second-order valence-corrected chi connectivity index (χ2v) is 9.71. The topological polar surface area (TPSA) is 54.5 Å². The van der Waals surface area contributed by atoms with Gasteiger partial charge < -0.3 is 0 Å². The van der Waals surface area contributed by atoms with Gasteiger partial charge in [0.2, 0.25) is 10.0 Å². The Bertz CT molecular complexity index is 1110. The first-order chi connectivity index (χ1) is 13.9. The van der Waals surface area contributed by atoms with Gasteiger partial charge in [-0.1, -0.05) is 54.0 Å². The number of nitrogens with zero attached hydrogens (tertiary/aromatic N) is 1. The maximum Gasteiger partial charge on any atom is 0.244 e. The molecule has 1 heterocycles. The van der Waals surface area contributed by atoms with Crippen LogP contribution in [0.1, 0.15) is 30.4 Å². The van der Waals surface area contributed by atoms with Gasteiger partial charge in [-0.3, -0.25) is 4.79 Å². The number of hydrogen-bond acceptors (Lipinski definition) is 3. The molecule has 4 rings (SSSR count). The van der Waals surface area contributed by atoms with Gasteiger partial charge in [-0.15, -0.1) is 6.42 Å². The summed E-state index contributed by atoms with van der Waals surface area (Å²) < 4.78 is 28.4. The van der Waals surface area contributed by atoms with Gasteiger partial charge in [0.15, 0.2) is 5.78 Å². The monoisotopic (exact) mass is 405 g/mol. The summed E-state index contributed by atoms with van der Waals surface area (Å²) in [6.45, 7) is 0.721. The zero-order valence-electron chi connectivity index (χ0n) is 16.2. The van der Waals surface area contributed by atoms with Gasteiger partial charge in [0.1, 0.15) is 0 Å². The highest BCUT2D eigenvalue weighted by molar-refractivity contribution is 7.89. The van der Waals surface area contributed by atoms with Crippen LogP contribution in [0.25, 0.3) is 0 Å². The largest absolute Gasteiger partial charge is 0.295 e. The van der Waals surface area contributed by atoms with E-state index in [1.165, 1.54) is 0 Å². The molecule has 0 saturated carbocycles. The summed E-state index contributed by atoms with van der Waals surface area (Å²) in [7, 11) is -3.72. The lowest BCUT2D eigenvalue weighted by atomic mass is 9.66. The first-order valence-electron chi connectivity index (χ1n) is 9.78. The normalized spacial score (nSPS) is 22.4. The molecule has 29 heavy (non-hydrogen) atoms. The Morgan fingerprint density at radius 3 is 2.52 bits per heavy atom. The summed E-state index contributed by atoms with van der Waals surface area (Å²) in [5.41, 5.74) is 2.25. The van der Waals surface area contributed by atoms with Crippen LogP contribution < -0.4 is 0 Å². The SMILES string of the molecule is C#Cc1ccccc1S(=O)(=O)N1CCC2=CC(=O)CCC2(Cc2ccccc2)C1. The van der Waals surface area contributed by atoms with Crippen LogP contribution in [0.15, 0.2) is 71.1 Å². The van der Waals surface area contributed by atoms with Crippen molar-refractivity contribution < 1.29 is 13.2 Å². The summed E-state index contributed by atoms with van der Waals surface area (Å²) in [5, 5.41) is 0.